The number of aromatic amines is 1. The molecular formula is C18H16ClN3O2. The lowest BCUT2D eigenvalue weighted by molar-refractivity contribution is 0.155. The first-order valence-electron chi connectivity index (χ1n) is 7.44. The molecule has 0 saturated carbocycles. The van der Waals surface area contributed by atoms with Crippen LogP contribution in [0.3, 0.4) is 0 Å². The van der Waals surface area contributed by atoms with E-state index in [2.05, 4.69) is 15.3 Å². The summed E-state index contributed by atoms with van der Waals surface area (Å²) in [5, 5.41) is 3.26. The number of carbonyl (C=O) groups excluding carboxylic acids is 1. The van der Waals surface area contributed by atoms with Gasteiger partial charge >= 0.3 is 6.09 Å². The van der Waals surface area contributed by atoms with Gasteiger partial charge in [-0.1, -0.05) is 35.9 Å². The number of benzene rings is 2. The Morgan fingerprint density at radius 2 is 1.79 bits per heavy atom. The highest BCUT2D eigenvalue weighted by atomic mass is 35.5. The Kier molecular flexibility index (Phi) is 5.13. The normalized spacial score (nSPS) is 10.4. The van der Waals surface area contributed by atoms with E-state index in [1.807, 2.05) is 30.5 Å². The molecule has 2 aromatic carbocycles. The molecule has 122 valence electrons. The zero-order valence-electron chi connectivity index (χ0n) is 12.8. The number of H-pyrrole nitrogens is 1. The van der Waals surface area contributed by atoms with Crippen LogP contribution in [0.15, 0.2) is 61.1 Å². The van der Waals surface area contributed by atoms with Crippen molar-refractivity contribution in [3.05, 3.63) is 82.9 Å². The largest absolute Gasteiger partial charge is 0.444 e. The van der Waals surface area contributed by atoms with Crippen molar-refractivity contribution in [2.24, 2.45) is 0 Å². The Hall–Kier alpha value is -2.79. The van der Waals surface area contributed by atoms with Crippen LogP contribution in [-0.2, 0) is 17.8 Å². The minimum absolute atomic E-state index is 0.210. The smallest absolute Gasteiger partial charge is 0.411 e. The quantitative estimate of drug-likeness (QED) is 0.722. The molecule has 0 saturated heterocycles. The Morgan fingerprint density at radius 1 is 1.08 bits per heavy atom. The maximum absolute atomic E-state index is 11.8. The van der Waals surface area contributed by atoms with Gasteiger partial charge < -0.3 is 9.72 Å². The third-order valence-electron chi connectivity index (χ3n) is 3.42. The lowest BCUT2D eigenvalue weighted by Gasteiger charge is -2.08. The third-order valence-corrected chi connectivity index (χ3v) is 3.68. The van der Waals surface area contributed by atoms with E-state index < -0.39 is 6.09 Å². The second kappa shape index (κ2) is 7.66. The first-order chi connectivity index (χ1) is 11.7. The molecule has 1 amide bonds. The van der Waals surface area contributed by atoms with E-state index in [9.17, 15) is 4.79 Å². The number of nitrogens with zero attached hydrogens (tertiary/aromatic N) is 1. The van der Waals surface area contributed by atoms with Crippen LogP contribution in [0.25, 0.3) is 0 Å². The highest BCUT2D eigenvalue weighted by Gasteiger charge is 2.04. The zero-order valence-corrected chi connectivity index (χ0v) is 13.6. The van der Waals surface area contributed by atoms with Gasteiger partial charge in [0.1, 0.15) is 6.61 Å². The summed E-state index contributed by atoms with van der Waals surface area (Å²) < 4.78 is 5.21. The second-order valence-electron chi connectivity index (χ2n) is 5.26. The lowest BCUT2D eigenvalue weighted by atomic mass is 10.1. The summed E-state index contributed by atoms with van der Waals surface area (Å²) in [5.74, 6) is 0. The summed E-state index contributed by atoms with van der Waals surface area (Å²) in [5.41, 5.74) is 3.70. The summed E-state index contributed by atoms with van der Waals surface area (Å²) in [7, 11) is 0. The summed E-state index contributed by atoms with van der Waals surface area (Å²) >= 11 is 5.80. The van der Waals surface area contributed by atoms with Crippen molar-refractivity contribution in [2.75, 3.05) is 5.32 Å². The maximum Gasteiger partial charge on any atom is 0.411 e. The molecule has 0 unspecified atom stereocenters. The van der Waals surface area contributed by atoms with Crippen LogP contribution in [0, 0.1) is 0 Å². The van der Waals surface area contributed by atoms with Crippen molar-refractivity contribution in [2.45, 2.75) is 13.0 Å². The van der Waals surface area contributed by atoms with Gasteiger partial charge in [0.2, 0.25) is 0 Å². The number of rotatable bonds is 5. The van der Waals surface area contributed by atoms with E-state index >= 15 is 0 Å². The van der Waals surface area contributed by atoms with Crippen molar-refractivity contribution in [1.82, 2.24) is 9.97 Å². The summed E-state index contributed by atoms with van der Waals surface area (Å²) in [6.45, 7) is 0.210. The molecule has 0 bridgehead atoms. The molecular weight excluding hydrogens is 326 g/mol. The Morgan fingerprint density at radius 3 is 2.46 bits per heavy atom. The molecule has 5 nitrogen and oxygen atoms in total. The van der Waals surface area contributed by atoms with E-state index in [0.717, 1.165) is 23.2 Å². The molecule has 2 N–H and O–H groups in total. The predicted molar refractivity (Wildman–Crippen MR) is 93.1 cm³/mol. The minimum Gasteiger partial charge on any atom is -0.444 e. The molecule has 0 fully saturated rings. The molecule has 0 aliphatic rings. The maximum atomic E-state index is 11.8. The van der Waals surface area contributed by atoms with Gasteiger partial charge in [-0.15, -0.1) is 0 Å². The Labute approximate surface area is 144 Å². The Balaban J connectivity index is 1.49. The highest BCUT2D eigenvalue weighted by Crippen LogP contribution is 2.14. The van der Waals surface area contributed by atoms with Gasteiger partial charge in [0.05, 0.1) is 12.0 Å². The topological polar surface area (TPSA) is 67.0 Å². The van der Waals surface area contributed by atoms with Crippen molar-refractivity contribution in [3.63, 3.8) is 0 Å². The molecule has 24 heavy (non-hydrogen) atoms. The molecule has 0 aliphatic heterocycles. The average molecular weight is 342 g/mol. The second-order valence-corrected chi connectivity index (χ2v) is 5.70. The molecule has 3 rings (SSSR count). The molecule has 0 atom stereocenters. The molecule has 1 heterocycles. The van der Waals surface area contributed by atoms with Gasteiger partial charge in [-0.25, -0.2) is 9.78 Å². The fraction of sp³-hybridized carbons (Fsp3) is 0.111. The van der Waals surface area contributed by atoms with E-state index in [1.165, 1.54) is 0 Å². The van der Waals surface area contributed by atoms with Crippen LogP contribution >= 0.6 is 11.6 Å². The predicted octanol–water partition coefficient (Wildman–Crippen LogP) is 4.40. The van der Waals surface area contributed by atoms with Gasteiger partial charge in [0.25, 0.3) is 0 Å². The first kappa shape index (κ1) is 16.1. The lowest BCUT2D eigenvalue weighted by Crippen LogP contribution is -2.13. The van der Waals surface area contributed by atoms with Crippen molar-refractivity contribution in [3.8, 4) is 0 Å². The average Bonchev–Trinajstić information content (AvgIpc) is 3.09. The summed E-state index contributed by atoms with van der Waals surface area (Å²) in [6.07, 6.45) is 3.80. The van der Waals surface area contributed by atoms with Crippen molar-refractivity contribution >= 4 is 23.4 Å². The van der Waals surface area contributed by atoms with Crippen molar-refractivity contribution < 1.29 is 9.53 Å². The number of carbonyl (C=O) groups is 1. The van der Waals surface area contributed by atoms with Gasteiger partial charge in [0.15, 0.2) is 0 Å². The van der Waals surface area contributed by atoms with Crippen LogP contribution < -0.4 is 5.32 Å². The number of halogens is 1. The van der Waals surface area contributed by atoms with Crippen LogP contribution in [-0.4, -0.2) is 16.1 Å². The number of nitrogens with one attached hydrogen (secondary N) is 2. The van der Waals surface area contributed by atoms with Crippen molar-refractivity contribution in [1.29, 1.82) is 0 Å². The van der Waals surface area contributed by atoms with E-state index in [-0.39, 0.29) is 6.61 Å². The molecule has 0 spiro atoms. The fourth-order valence-corrected chi connectivity index (χ4v) is 2.31. The molecule has 0 radical (unpaired) electrons. The Bertz CT molecular complexity index is 784. The number of imidazole rings is 1. The number of aromatic nitrogens is 2. The monoisotopic (exact) mass is 341 g/mol. The van der Waals surface area contributed by atoms with Gasteiger partial charge in [-0.3, -0.25) is 5.32 Å². The first-order valence-corrected chi connectivity index (χ1v) is 7.82. The van der Waals surface area contributed by atoms with E-state index in [4.69, 9.17) is 16.3 Å². The number of hydrogen-bond donors (Lipinski definition) is 2. The number of anilines is 1. The van der Waals surface area contributed by atoms with Crippen LogP contribution in [0.5, 0.6) is 0 Å². The van der Waals surface area contributed by atoms with E-state index in [0.29, 0.717) is 10.7 Å². The highest BCUT2D eigenvalue weighted by molar-refractivity contribution is 6.30. The van der Waals surface area contributed by atoms with Gasteiger partial charge in [-0.2, -0.15) is 0 Å². The van der Waals surface area contributed by atoms with Gasteiger partial charge in [-0.05, 0) is 35.4 Å². The summed E-state index contributed by atoms with van der Waals surface area (Å²) in [4.78, 5) is 18.9. The molecule has 1 aromatic heterocycles. The van der Waals surface area contributed by atoms with Gasteiger partial charge in [0, 0.05) is 23.3 Å². The van der Waals surface area contributed by atoms with Crippen LogP contribution in [0.4, 0.5) is 10.5 Å². The number of hydrogen-bond acceptors (Lipinski definition) is 3. The minimum atomic E-state index is -0.502. The number of ether oxygens (including phenoxy) is 1. The number of amides is 1. The van der Waals surface area contributed by atoms with E-state index in [1.54, 1.807) is 30.6 Å². The standard InChI is InChI=1S/C18H16ClN3O2/c19-15-5-7-16(8-6-15)22-18(23)24-11-14-3-1-13(2-4-14)9-17-10-20-12-21-17/h1-8,10,12H,9,11H2,(H,20,21)(H,22,23). The summed E-state index contributed by atoms with van der Waals surface area (Å²) in [6, 6.07) is 14.7. The fourth-order valence-electron chi connectivity index (χ4n) is 2.19. The van der Waals surface area contributed by atoms with Crippen LogP contribution in [0.2, 0.25) is 5.02 Å². The zero-order chi connectivity index (χ0) is 16.8. The molecule has 3 aromatic rings. The molecule has 6 heteroatoms. The molecule has 0 aliphatic carbocycles. The third kappa shape index (κ3) is 4.60. The SMILES string of the molecule is O=C(Nc1ccc(Cl)cc1)OCc1ccc(Cc2c[nH]cn2)cc1. The van der Waals surface area contributed by atoms with Crippen LogP contribution in [0.1, 0.15) is 16.8 Å².